The fourth-order valence-electron chi connectivity index (χ4n) is 2.15. The fraction of sp³-hybridized carbons (Fsp3) is 0.417. The van der Waals surface area contributed by atoms with Gasteiger partial charge in [0.15, 0.2) is 0 Å². The maximum Gasteiger partial charge on any atom is 0.138 e. The van der Waals surface area contributed by atoms with Crippen molar-refractivity contribution < 1.29 is 4.74 Å². The van der Waals surface area contributed by atoms with Crippen molar-refractivity contribution in [3.63, 3.8) is 0 Å². The molecular weight excluding hydrogens is 268 g/mol. The van der Waals surface area contributed by atoms with Crippen LogP contribution in [0.3, 0.4) is 0 Å². The Kier molecular flexibility index (Phi) is 2.69. The lowest BCUT2D eigenvalue weighted by Crippen LogP contribution is -2.03. The quantitative estimate of drug-likeness (QED) is 0.846. The Bertz CT molecular complexity index is 503. The minimum Gasteiger partial charge on any atom is -0.381 e. The normalized spacial score (nSPS) is 20.7. The van der Waals surface area contributed by atoms with Gasteiger partial charge >= 0.3 is 0 Å². The Labute approximate surface area is 103 Å². The first-order chi connectivity index (χ1) is 7.81. The van der Waals surface area contributed by atoms with Gasteiger partial charge in [0.1, 0.15) is 5.65 Å². The van der Waals surface area contributed by atoms with Crippen LogP contribution in [0.5, 0.6) is 0 Å². The summed E-state index contributed by atoms with van der Waals surface area (Å²) in [4.78, 5) is 4.61. The van der Waals surface area contributed by atoms with Crippen LogP contribution < -0.4 is 0 Å². The van der Waals surface area contributed by atoms with Crippen LogP contribution in [-0.2, 0) is 11.2 Å². The van der Waals surface area contributed by atoms with Gasteiger partial charge in [0.05, 0.1) is 5.69 Å². The summed E-state index contributed by atoms with van der Waals surface area (Å²) in [5, 5.41) is 0. The highest BCUT2D eigenvalue weighted by molar-refractivity contribution is 9.10. The number of fused-ring (bicyclic) bond motifs is 1. The molecule has 1 aliphatic rings. The largest absolute Gasteiger partial charge is 0.381 e. The predicted octanol–water partition coefficient (Wildman–Crippen LogP) is 2.68. The van der Waals surface area contributed by atoms with Gasteiger partial charge in [-0.1, -0.05) is 15.9 Å². The molecule has 84 valence electrons. The predicted molar refractivity (Wildman–Crippen MR) is 65.5 cm³/mol. The first kappa shape index (κ1) is 10.3. The summed E-state index contributed by atoms with van der Waals surface area (Å²) >= 11 is 3.46. The van der Waals surface area contributed by atoms with Crippen LogP contribution in [-0.4, -0.2) is 22.6 Å². The highest BCUT2D eigenvalue weighted by Crippen LogP contribution is 2.19. The Morgan fingerprint density at radius 3 is 3.31 bits per heavy atom. The second kappa shape index (κ2) is 4.18. The van der Waals surface area contributed by atoms with Crippen molar-refractivity contribution in [2.45, 2.75) is 12.8 Å². The number of aromatic nitrogens is 2. The molecule has 4 heteroatoms. The summed E-state index contributed by atoms with van der Waals surface area (Å²) in [6, 6.07) is 4.06. The lowest BCUT2D eigenvalue weighted by atomic mass is 10.0. The third-order valence-electron chi connectivity index (χ3n) is 2.99. The van der Waals surface area contributed by atoms with E-state index in [1.165, 1.54) is 0 Å². The average molecular weight is 281 g/mol. The van der Waals surface area contributed by atoms with Gasteiger partial charge in [-0.05, 0) is 30.9 Å². The van der Waals surface area contributed by atoms with Crippen LogP contribution in [0.1, 0.15) is 12.1 Å². The number of halogens is 1. The van der Waals surface area contributed by atoms with Crippen molar-refractivity contribution in [3.8, 4) is 0 Å². The molecule has 2 aromatic rings. The van der Waals surface area contributed by atoms with E-state index in [2.05, 4.69) is 31.5 Å². The molecule has 0 spiro atoms. The third kappa shape index (κ3) is 1.99. The molecule has 1 unspecified atom stereocenters. The minimum absolute atomic E-state index is 0.647. The molecule has 0 bridgehead atoms. The van der Waals surface area contributed by atoms with Crippen LogP contribution in [0.25, 0.3) is 5.65 Å². The summed E-state index contributed by atoms with van der Waals surface area (Å²) in [5.74, 6) is 0.647. The smallest absolute Gasteiger partial charge is 0.138 e. The van der Waals surface area contributed by atoms with Crippen molar-refractivity contribution in [3.05, 3.63) is 34.7 Å². The molecule has 1 fully saturated rings. The topological polar surface area (TPSA) is 26.5 Å². The maximum atomic E-state index is 5.38. The molecule has 1 atom stereocenters. The van der Waals surface area contributed by atoms with Crippen molar-refractivity contribution in [1.82, 2.24) is 9.38 Å². The molecule has 0 saturated carbocycles. The lowest BCUT2D eigenvalue weighted by Gasteiger charge is -2.02. The third-order valence-corrected chi connectivity index (χ3v) is 3.49. The molecule has 16 heavy (non-hydrogen) atoms. The highest BCUT2D eigenvalue weighted by atomic mass is 79.9. The van der Waals surface area contributed by atoms with E-state index in [0.29, 0.717) is 5.92 Å². The van der Waals surface area contributed by atoms with E-state index in [1.54, 1.807) is 0 Å². The Hall–Kier alpha value is -0.870. The summed E-state index contributed by atoms with van der Waals surface area (Å²) in [6.07, 6.45) is 6.33. The molecule has 0 radical (unpaired) electrons. The maximum absolute atomic E-state index is 5.38. The minimum atomic E-state index is 0.647. The average Bonchev–Trinajstić information content (AvgIpc) is 2.86. The van der Waals surface area contributed by atoms with Crippen molar-refractivity contribution >= 4 is 21.6 Å². The number of hydrogen-bond acceptors (Lipinski definition) is 2. The van der Waals surface area contributed by atoms with Crippen LogP contribution in [0, 0.1) is 5.92 Å². The van der Waals surface area contributed by atoms with E-state index in [4.69, 9.17) is 4.74 Å². The zero-order valence-corrected chi connectivity index (χ0v) is 10.5. The summed E-state index contributed by atoms with van der Waals surface area (Å²) < 4.78 is 8.52. The zero-order valence-electron chi connectivity index (χ0n) is 8.90. The van der Waals surface area contributed by atoms with E-state index < -0.39 is 0 Å². The van der Waals surface area contributed by atoms with Gasteiger partial charge in [-0.25, -0.2) is 4.98 Å². The molecule has 0 aromatic carbocycles. The van der Waals surface area contributed by atoms with Crippen LogP contribution >= 0.6 is 15.9 Å². The summed E-state index contributed by atoms with van der Waals surface area (Å²) in [6.45, 7) is 1.79. The van der Waals surface area contributed by atoms with Crippen LogP contribution in [0.15, 0.2) is 29.0 Å². The molecule has 3 rings (SSSR count). The standard InChI is InChI=1S/C12H13BrN2O/c13-10-1-3-15-7-11(14-12(15)6-10)5-9-2-4-16-8-9/h1,3,6-7,9H,2,4-5,8H2. The van der Waals surface area contributed by atoms with Gasteiger partial charge in [-0.2, -0.15) is 0 Å². The number of pyridine rings is 1. The van der Waals surface area contributed by atoms with Crippen molar-refractivity contribution in [2.24, 2.45) is 5.92 Å². The Balaban J connectivity index is 1.86. The van der Waals surface area contributed by atoms with Gasteiger partial charge in [0, 0.05) is 30.1 Å². The zero-order chi connectivity index (χ0) is 11.0. The van der Waals surface area contributed by atoms with Gasteiger partial charge in [-0.3, -0.25) is 0 Å². The molecule has 2 aromatic heterocycles. The molecule has 3 heterocycles. The number of ether oxygens (including phenoxy) is 1. The molecule has 1 saturated heterocycles. The van der Waals surface area contributed by atoms with Gasteiger partial charge in [0.25, 0.3) is 0 Å². The molecule has 0 aliphatic carbocycles. The second-order valence-electron chi connectivity index (χ2n) is 4.28. The van der Waals surface area contributed by atoms with Gasteiger partial charge in [0.2, 0.25) is 0 Å². The van der Waals surface area contributed by atoms with E-state index >= 15 is 0 Å². The van der Waals surface area contributed by atoms with Crippen molar-refractivity contribution in [2.75, 3.05) is 13.2 Å². The Morgan fingerprint density at radius 1 is 1.56 bits per heavy atom. The fourth-order valence-corrected chi connectivity index (χ4v) is 2.47. The number of imidazole rings is 1. The van der Waals surface area contributed by atoms with Crippen LogP contribution in [0.2, 0.25) is 0 Å². The molecule has 0 amide bonds. The van der Waals surface area contributed by atoms with Gasteiger partial charge < -0.3 is 9.14 Å². The van der Waals surface area contributed by atoms with E-state index in [9.17, 15) is 0 Å². The summed E-state index contributed by atoms with van der Waals surface area (Å²) in [7, 11) is 0. The molecule has 1 aliphatic heterocycles. The van der Waals surface area contributed by atoms with E-state index in [0.717, 1.165) is 41.9 Å². The molecule has 0 N–H and O–H groups in total. The van der Waals surface area contributed by atoms with E-state index in [1.807, 2.05) is 18.3 Å². The Morgan fingerprint density at radius 2 is 2.50 bits per heavy atom. The first-order valence-electron chi connectivity index (χ1n) is 5.52. The number of rotatable bonds is 2. The number of nitrogens with zero attached hydrogens (tertiary/aromatic N) is 2. The van der Waals surface area contributed by atoms with E-state index in [-0.39, 0.29) is 0 Å². The SMILES string of the molecule is Brc1ccn2cc(CC3CCOC3)nc2c1. The lowest BCUT2D eigenvalue weighted by molar-refractivity contribution is 0.185. The van der Waals surface area contributed by atoms with Gasteiger partial charge in [-0.15, -0.1) is 0 Å². The van der Waals surface area contributed by atoms with Crippen LogP contribution in [0.4, 0.5) is 0 Å². The molecule has 3 nitrogen and oxygen atoms in total. The highest BCUT2D eigenvalue weighted by Gasteiger charge is 2.17. The monoisotopic (exact) mass is 280 g/mol. The molecular formula is C12H13BrN2O. The first-order valence-corrected chi connectivity index (χ1v) is 6.31. The van der Waals surface area contributed by atoms with Crippen molar-refractivity contribution in [1.29, 1.82) is 0 Å². The summed E-state index contributed by atoms with van der Waals surface area (Å²) in [5.41, 5.74) is 2.16. The number of hydrogen-bond donors (Lipinski definition) is 0. The second-order valence-corrected chi connectivity index (χ2v) is 5.19.